The first-order valence-electron chi connectivity index (χ1n) is 11.5. The maximum absolute atomic E-state index is 12.8. The Morgan fingerprint density at radius 2 is 1.80 bits per heavy atom. The second-order valence-corrected chi connectivity index (χ2v) is 8.94. The number of aryl methyl sites for hydroxylation is 5. The van der Waals surface area contributed by atoms with Crippen molar-refractivity contribution in [3.63, 3.8) is 0 Å². The van der Waals surface area contributed by atoms with Crippen LogP contribution in [0.3, 0.4) is 0 Å². The fourth-order valence-electron chi connectivity index (χ4n) is 4.37. The van der Waals surface area contributed by atoms with Crippen LogP contribution in [-0.2, 0) is 11.2 Å². The molecule has 5 aromatic rings. The molecule has 8 nitrogen and oxygen atoms in total. The van der Waals surface area contributed by atoms with E-state index in [0.29, 0.717) is 28.4 Å². The standard InChI is InChI=1S/C27H26N6O2/c1-15-11-17(3)26-19(12-15)16(2)13-23(31-26)33-24(14-18(4)32-33)30-25(34)10-9-22-27(35)29-21-8-6-5-7-20(21)28-22/h5-8,11-14H,9-10H2,1-4H3,(H,29,35)(H,30,34). The molecule has 5 rings (SSSR count). The molecule has 0 fully saturated rings. The van der Waals surface area contributed by atoms with E-state index in [9.17, 15) is 9.59 Å². The molecule has 1 amide bonds. The molecule has 0 aliphatic carbocycles. The number of amides is 1. The number of hydrogen-bond acceptors (Lipinski definition) is 5. The van der Waals surface area contributed by atoms with Crippen LogP contribution in [-0.4, -0.2) is 30.6 Å². The Bertz CT molecular complexity index is 1660. The van der Waals surface area contributed by atoms with E-state index < -0.39 is 0 Å². The fraction of sp³-hybridized carbons (Fsp3) is 0.222. The Balaban J connectivity index is 1.40. The van der Waals surface area contributed by atoms with Gasteiger partial charge in [0.15, 0.2) is 5.82 Å². The maximum Gasteiger partial charge on any atom is 0.270 e. The quantitative estimate of drug-likeness (QED) is 0.398. The monoisotopic (exact) mass is 466 g/mol. The molecule has 0 saturated carbocycles. The van der Waals surface area contributed by atoms with E-state index >= 15 is 0 Å². The number of hydrogen-bond donors (Lipinski definition) is 2. The Morgan fingerprint density at radius 3 is 2.63 bits per heavy atom. The molecule has 0 unspecified atom stereocenters. The number of nitrogens with one attached hydrogen (secondary N) is 2. The van der Waals surface area contributed by atoms with Gasteiger partial charge in [-0.05, 0) is 63.1 Å². The van der Waals surface area contributed by atoms with Crippen molar-refractivity contribution < 1.29 is 4.79 Å². The summed E-state index contributed by atoms with van der Waals surface area (Å²) >= 11 is 0. The number of anilines is 1. The van der Waals surface area contributed by atoms with Crippen molar-refractivity contribution >= 4 is 33.7 Å². The number of fused-ring (bicyclic) bond motifs is 2. The van der Waals surface area contributed by atoms with E-state index in [4.69, 9.17) is 4.98 Å². The number of rotatable bonds is 5. The smallest absolute Gasteiger partial charge is 0.270 e. The minimum atomic E-state index is -0.279. The maximum atomic E-state index is 12.8. The Morgan fingerprint density at radius 1 is 1.00 bits per heavy atom. The summed E-state index contributed by atoms with van der Waals surface area (Å²) in [5, 5.41) is 8.60. The number of nitrogens with zero attached hydrogens (tertiary/aromatic N) is 4. The van der Waals surface area contributed by atoms with Crippen molar-refractivity contribution in [1.29, 1.82) is 0 Å². The second-order valence-electron chi connectivity index (χ2n) is 8.94. The lowest BCUT2D eigenvalue weighted by atomic mass is 10.0. The number of carbonyl (C=O) groups is 1. The molecule has 8 heteroatoms. The van der Waals surface area contributed by atoms with Gasteiger partial charge in [0.05, 0.1) is 22.2 Å². The summed E-state index contributed by atoms with van der Waals surface area (Å²) in [6.07, 6.45) is 0.339. The van der Waals surface area contributed by atoms with Gasteiger partial charge in [0.2, 0.25) is 5.91 Å². The van der Waals surface area contributed by atoms with Crippen molar-refractivity contribution in [3.8, 4) is 5.82 Å². The molecule has 176 valence electrons. The van der Waals surface area contributed by atoms with Gasteiger partial charge in [-0.15, -0.1) is 0 Å². The summed E-state index contributed by atoms with van der Waals surface area (Å²) in [7, 11) is 0. The first-order valence-corrected chi connectivity index (χ1v) is 11.5. The zero-order valence-corrected chi connectivity index (χ0v) is 20.1. The van der Waals surface area contributed by atoms with Crippen LogP contribution in [0.25, 0.3) is 27.8 Å². The van der Waals surface area contributed by atoms with Crippen LogP contribution in [0, 0.1) is 27.7 Å². The van der Waals surface area contributed by atoms with E-state index in [1.165, 1.54) is 5.56 Å². The van der Waals surface area contributed by atoms with Crippen molar-refractivity contribution in [2.75, 3.05) is 5.32 Å². The first kappa shape index (κ1) is 22.5. The van der Waals surface area contributed by atoms with Gasteiger partial charge in [-0.1, -0.05) is 23.8 Å². The summed E-state index contributed by atoms with van der Waals surface area (Å²) in [5.74, 6) is 0.937. The lowest BCUT2D eigenvalue weighted by Crippen LogP contribution is -2.20. The highest BCUT2D eigenvalue weighted by atomic mass is 16.1. The average Bonchev–Trinajstić information content (AvgIpc) is 3.18. The van der Waals surface area contributed by atoms with E-state index in [-0.39, 0.29) is 24.3 Å². The molecule has 3 aromatic heterocycles. The highest BCUT2D eigenvalue weighted by Crippen LogP contribution is 2.26. The van der Waals surface area contributed by atoms with E-state index in [1.807, 2.05) is 44.2 Å². The zero-order chi connectivity index (χ0) is 24.7. The van der Waals surface area contributed by atoms with Gasteiger partial charge in [-0.2, -0.15) is 9.78 Å². The van der Waals surface area contributed by atoms with Gasteiger partial charge >= 0.3 is 0 Å². The number of aromatic amines is 1. The normalized spacial score (nSPS) is 11.3. The number of H-pyrrole nitrogens is 1. The SMILES string of the molecule is Cc1cc(C)c2nc(-n3nc(C)cc3NC(=O)CCc3nc4ccccc4[nH]c3=O)cc(C)c2c1. The molecule has 0 aliphatic heterocycles. The number of para-hydroxylation sites is 2. The highest BCUT2D eigenvalue weighted by molar-refractivity contribution is 5.91. The molecule has 2 N–H and O–H groups in total. The minimum absolute atomic E-state index is 0.112. The van der Waals surface area contributed by atoms with E-state index in [2.05, 4.69) is 46.4 Å². The molecule has 3 heterocycles. The predicted octanol–water partition coefficient (Wildman–Crippen LogP) is 4.46. The minimum Gasteiger partial charge on any atom is -0.319 e. The van der Waals surface area contributed by atoms with Crippen LogP contribution in [0.2, 0.25) is 0 Å². The number of carbonyl (C=O) groups excluding carboxylic acids is 1. The third-order valence-corrected chi connectivity index (χ3v) is 6.02. The van der Waals surface area contributed by atoms with Gasteiger partial charge in [-0.3, -0.25) is 9.59 Å². The third kappa shape index (κ3) is 4.42. The second kappa shape index (κ2) is 8.79. The van der Waals surface area contributed by atoms with Crippen molar-refractivity contribution in [1.82, 2.24) is 24.7 Å². The lowest BCUT2D eigenvalue weighted by Gasteiger charge is -2.12. The summed E-state index contributed by atoms with van der Waals surface area (Å²) in [5.41, 5.74) is 6.46. The van der Waals surface area contributed by atoms with Crippen LogP contribution >= 0.6 is 0 Å². The summed E-state index contributed by atoms with van der Waals surface area (Å²) in [6, 6.07) is 15.4. The summed E-state index contributed by atoms with van der Waals surface area (Å²) < 4.78 is 1.65. The largest absolute Gasteiger partial charge is 0.319 e. The molecule has 0 bridgehead atoms. The van der Waals surface area contributed by atoms with Crippen LogP contribution in [0.5, 0.6) is 0 Å². The molecule has 0 radical (unpaired) electrons. The van der Waals surface area contributed by atoms with Crippen LogP contribution in [0.15, 0.2) is 53.3 Å². The van der Waals surface area contributed by atoms with Gasteiger partial charge in [0, 0.05) is 24.3 Å². The summed E-state index contributed by atoms with van der Waals surface area (Å²) in [4.78, 5) is 37.3. The van der Waals surface area contributed by atoms with E-state index in [1.54, 1.807) is 10.7 Å². The first-order chi connectivity index (χ1) is 16.8. The van der Waals surface area contributed by atoms with Crippen LogP contribution < -0.4 is 10.9 Å². The zero-order valence-electron chi connectivity index (χ0n) is 20.1. The van der Waals surface area contributed by atoms with Crippen molar-refractivity contribution in [2.24, 2.45) is 0 Å². The molecule has 0 saturated heterocycles. The molecular weight excluding hydrogens is 440 g/mol. The van der Waals surface area contributed by atoms with Crippen LogP contribution in [0.4, 0.5) is 5.82 Å². The van der Waals surface area contributed by atoms with Crippen LogP contribution in [0.1, 0.15) is 34.5 Å². The number of benzene rings is 2. The third-order valence-electron chi connectivity index (χ3n) is 6.02. The topological polar surface area (TPSA) is 106 Å². The molecule has 35 heavy (non-hydrogen) atoms. The molecule has 2 aromatic carbocycles. The Kier molecular flexibility index (Phi) is 5.64. The van der Waals surface area contributed by atoms with E-state index in [0.717, 1.165) is 27.7 Å². The van der Waals surface area contributed by atoms with Gasteiger partial charge < -0.3 is 10.3 Å². The highest BCUT2D eigenvalue weighted by Gasteiger charge is 2.15. The summed E-state index contributed by atoms with van der Waals surface area (Å²) in [6.45, 7) is 8.04. The number of aromatic nitrogens is 5. The number of pyridine rings is 1. The van der Waals surface area contributed by atoms with Gasteiger partial charge in [-0.25, -0.2) is 9.97 Å². The predicted molar refractivity (Wildman–Crippen MR) is 137 cm³/mol. The van der Waals surface area contributed by atoms with Crippen molar-refractivity contribution in [3.05, 3.63) is 87.0 Å². The molecule has 0 atom stereocenters. The molecule has 0 spiro atoms. The fourth-order valence-corrected chi connectivity index (χ4v) is 4.37. The van der Waals surface area contributed by atoms with Gasteiger partial charge in [0.1, 0.15) is 11.5 Å². The Hall–Kier alpha value is -4.33. The average molecular weight is 467 g/mol. The Labute approximate surface area is 202 Å². The van der Waals surface area contributed by atoms with Crippen molar-refractivity contribution in [2.45, 2.75) is 40.5 Å². The molecule has 0 aliphatic rings. The van der Waals surface area contributed by atoms with Gasteiger partial charge in [0.25, 0.3) is 5.56 Å². The molecular formula is C27H26N6O2. The lowest BCUT2D eigenvalue weighted by molar-refractivity contribution is -0.116.